The quantitative estimate of drug-likeness (QED) is 0.385. The van der Waals surface area contributed by atoms with Crippen LogP contribution < -0.4 is 0 Å². The number of carbonyl (C=O) groups excluding carboxylic acids is 3. The first-order chi connectivity index (χ1) is 15.6. The van der Waals surface area contributed by atoms with Gasteiger partial charge in [-0.2, -0.15) is 0 Å². The molecule has 7 heteroatoms. The summed E-state index contributed by atoms with van der Waals surface area (Å²) in [5, 5.41) is 0. The van der Waals surface area contributed by atoms with Crippen molar-refractivity contribution in [1.29, 1.82) is 0 Å². The summed E-state index contributed by atoms with van der Waals surface area (Å²) < 4.78 is 22.4. The maximum Gasteiger partial charge on any atom is 0.338 e. The van der Waals surface area contributed by atoms with E-state index in [0.717, 1.165) is 0 Å². The molecule has 0 aliphatic carbocycles. The summed E-state index contributed by atoms with van der Waals surface area (Å²) in [5.74, 6) is -1.45. The normalized spacial score (nSPS) is 14.0. The standard InChI is InChI=1S/C26H32O7/c1-18(32-25(29)21-14-10-7-11-15-21)23(26(3,4)5)33-22(16-30-19(2)27)17-31-24(28)20-12-8-6-9-13-20/h6-15,18,22-23H,16-17H2,1-5H3/t18-,22+,23-/m1/s1. The number of rotatable bonds is 10. The predicted octanol–water partition coefficient (Wildman–Crippen LogP) is 4.45. The number of esters is 3. The fourth-order valence-electron chi connectivity index (χ4n) is 3.26. The highest BCUT2D eigenvalue weighted by Gasteiger charge is 2.36. The molecular weight excluding hydrogens is 424 g/mol. The molecule has 0 aromatic heterocycles. The molecule has 0 bridgehead atoms. The highest BCUT2D eigenvalue weighted by molar-refractivity contribution is 5.89. The number of benzene rings is 2. The average molecular weight is 457 g/mol. The van der Waals surface area contributed by atoms with Crippen molar-refractivity contribution in [1.82, 2.24) is 0 Å². The summed E-state index contributed by atoms with van der Waals surface area (Å²) in [5.41, 5.74) is 0.403. The van der Waals surface area contributed by atoms with Crippen LogP contribution in [0, 0.1) is 5.41 Å². The first-order valence-electron chi connectivity index (χ1n) is 10.8. The molecule has 0 saturated heterocycles. The molecule has 2 aromatic carbocycles. The van der Waals surface area contributed by atoms with E-state index in [1.54, 1.807) is 61.5 Å². The van der Waals surface area contributed by atoms with Gasteiger partial charge < -0.3 is 18.9 Å². The number of carbonyl (C=O) groups is 3. The Balaban J connectivity index is 2.11. The third-order valence-electron chi connectivity index (χ3n) is 4.80. The summed E-state index contributed by atoms with van der Waals surface area (Å²) in [6.07, 6.45) is -1.94. The molecule has 0 aliphatic rings. The van der Waals surface area contributed by atoms with E-state index in [4.69, 9.17) is 18.9 Å². The van der Waals surface area contributed by atoms with Gasteiger partial charge in [-0.15, -0.1) is 0 Å². The van der Waals surface area contributed by atoms with Gasteiger partial charge in [0.2, 0.25) is 0 Å². The molecule has 0 unspecified atom stereocenters. The summed E-state index contributed by atoms with van der Waals surface area (Å²) in [6.45, 7) is 8.64. The number of hydrogen-bond donors (Lipinski definition) is 0. The second-order valence-electron chi connectivity index (χ2n) is 8.79. The Morgan fingerprint density at radius 3 is 1.76 bits per heavy atom. The van der Waals surface area contributed by atoms with Crippen molar-refractivity contribution in [3.05, 3.63) is 71.8 Å². The van der Waals surface area contributed by atoms with Crippen LogP contribution in [0.15, 0.2) is 60.7 Å². The van der Waals surface area contributed by atoms with Crippen molar-refractivity contribution in [2.75, 3.05) is 13.2 Å². The SMILES string of the molecule is CC(=O)OC[C@@H](COC(=O)c1ccccc1)O[C@H]([C@@H](C)OC(=O)c1ccccc1)C(C)(C)C. The van der Waals surface area contributed by atoms with Crippen LogP contribution in [0.25, 0.3) is 0 Å². The van der Waals surface area contributed by atoms with E-state index >= 15 is 0 Å². The van der Waals surface area contributed by atoms with Crippen LogP contribution in [0.4, 0.5) is 0 Å². The molecule has 0 heterocycles. The average Bonchev–Trinajstić information content (AvgIpc) is 2.78. The fraction of sp³-hybridized carbons (Fsp3) is 0.423. The highest BCUT2D eigenvalue weighted by atomic mass is 16.6. The van der Waals surface area contributed by atoms with E-state index in [2.05, 4.69) is 0 Å². The van der Waals surface area contributed by atoms with Crippen molar-refractivity contribution >= 4 is 17.9 Å². The first kappa shape index (κ1) is 26.1. The molecule has 0 N–H and O–H groups in total. The molecule has 3 atom stereocenters. The van der Waals surface area contributed by atoms with Gasteiger partial charge in [0.1, 0.15) is 25.4 Å². The third kappa shape index (κ3) is 8.69. The second-order valence-corrected chi connectivity index (χ2v) is 8.79. The Labute approximate surface area is 195 Å². The maximum atomic E-state index is 12.5. The van der Waals surface area contributed by atoms with Crippen LogP contribution in [0.2, 0.25) is 0 Å². The Morgan fingerprint density at radius 1 is 0.788 bits per heavy atom. The lowest BCUT2D eigenvalue weighted by Crippen LogP contribution is -2.45. The summed E-state index contributed by atoms with van der Waals surface area (Å²) >= 11 is 0. The molecule has 33 heavy (non-hydrogen) atoms. The molecule has 0 spiro atoms. The Hall–Kier alpha value is -3.19. The first-order valence-corrected chi connectivity index (χ1v) is 10.8. The zero-order chi connectivity index (χ0) is 24.4. The van der Waals surface area contributed by atoms with Gasteiger partial charge >= 0.3 is 17.9 Å². The van der Waals surface area contributed by atoms with Gasteiger partial charge in [0.15, 0.2) is 0 Å². The van der Waals surface area contributed by atoms with Gasteiger partial charge in [-0.25, -0.2) is 9.59 Å². The van der Waals surface area contributed by atoms with Crippen molar-refractivity contribution in [2.24, 2.45) is 5.41 Å². The van der Waals surface area contributed by atoms with E-state index < -0.39 is 41.6 Å². The Bertz CT molecular complexity index is 903. The van der Waals surface area contributed by atoms with Crippen LogP contribution in [0.3, 0.4) is 0 Å². The minimum Gasteiger partial charge on any atom is -0.463 e. The van der Waals surface area contributed by atoms with Crippen LogP contribution in [0.1, 0.15) is 55.3 Å². The maximum absolute atomic E-state index is 12.5. The number of ether oxygens (including phenoxy) is 4. The minimum absolute atomic E-state index is 0.108. The molecule has 0 radical (unpaired) electrons. The van der Waals surface area contributed by atoms with E-state index in [9.17, 15) is 14.4 Å². The van der Waals surface area contributed by atoms with Crippen molar-refractivity contribution in [3.63, 3.8) is 0 Å². The lowest BCUT2D eigenvalue weighted by Gasteiger charge is -2.37. The van der Waals surface area contributed by atoms with Crippen LogP contribution >= 0.6 is 0 Å². The van der Waals surface area contributed by atoms with E-state index in [0.29, 0.717) is 11.1 Å². The van der Waals surface area contributed by atoms with Crippen molar-refractivity contribution in [3.8, 4) is 0 Å². The van der Waals surface area contributed by atoms with Crippen molar-refractivity contribution < 1.29 is 33.3 Å². The van der Waals surface area contributed by atoms with Gasteiger partial charge in [0, 0.05) is 6.92 Å². The molecule has 2 rings (SSSR count). The third-order valence-corrected chi connectivity index (χ3v) is 4.80. The highest BCUT2D eigenvalue weighted by Crippen LogP contribution is 2.28. The molecule has 0 aliphatic heterocycles. The van der Waals surface area contributed by atoms with Gasteiger partial charge in [-0.1, -0.05) is 57.2 Å². The monoisotopic (exact) mass is 456 g/mol. The van der Waals surface area contributed by atoms with Crippen LogP contribution in [-0.4, -0.2) is 49.4 Å². The van der Waals surface area contributed by atoms with E-state index in [-0.39, 0.29) is 13.2 Å². The summed E-state index contributed by atoms with van der Waals surface area (Å²) in [4.78, 5) is 36.3. The molecule has 0 saturated carbocycles. The molecule has 178 valence electrons. The summed E-state index contributed by atoms with van der Waals surface area (Å²) in [6, 6.07) is 17.3. The smallest absolute Gasteiger partial charge is 0.338 e. The van der Waals surface area contributed by atoms with Crippen LogP contribution in [-0.2, 0) is 23.7 Å². The Kier molecular flexibility index (Phi) is 9.60. The predicted molar refractivity (Wildman–Crippen MR) is 123 cm³/mol. The zero-order valence-electron chi connectivity index (χ0n) is 19.8. The lowest BCUT2D eigenvalue weighted by molar-refractivity contribution is -0.162. The molecule has 7 nitrogen and oxygen atoms in total. The minimum atomic E-state index is -0.747. The Morgan fingerprint density at radius 2 is 1.27 bits per heavy atom. The van der Waals surface area contributed by atoms with Crippen LogP contribution in [0.5, 0.6) is 0 Å². The number of hydrogen-bond acceptors (Lipinski definition) is 7. The second kappa shape index (κ2) is 12.2. The van der Waals surface area contributed by atoms with Gasteiger partial charge in [-0.05, 0) is 36.6 Å². The molecular formula is C26H32O7. The van der Waals surface area contributed by atoms with Gasteiger partial charge in [0.05, 0.1) is 17.2 Å². The topological polar surface area (TPSA) is 88.1 Å². The van der Waals surface area contributed by atoms with E-state index in [1.165, 1.54) is 6.92 Å². The molecule has 0 amide bonds. The zero-order valence-corrected chi connectivity index (χ0v) is 19.8. The van der Waals surface area contributed by atoms with Crippen molar-refractivity contribution in [2.45, 2.75) is 52.9 Å². The van der Waals surface area contributed by atoms with E-state index in [1.807, 2.05) is 26.8 Å². The molecule has 2 aromatic rings. The molecule has 0 fully saturated rings. The van der Waals surface area contributed by atoms with Gasteiger partial charge in [-0.3, -0.25) is 4.79 Å². The lowest BCUT2D eigenvalue weighted by atomic mass is 9.86. The van der Waals surface area contributed by atoms with Gasteiger partial charge in [0.25, 0.3) is 0 Å². The summed E-state index contributed by atoms with van der Waals surface area (Å²) in [7, 11) is 0. The largest absolute Gasteiger partial charge is 0.463 e. The fourth-order valence-corrected chi connectivity index (χ4v) is 3.26.